The van der Waals surface area contributed by atoms with Crippen molar-refractivity contribution >= 4 is 11.7 Å². The first kappa shape index (κ1) is 18.6. The Balaban J connectivity index is 1.29. The number of nitrogens with zero attached hydrogens (tertiary/aromatic N) is 3. The number of nitrogens with one attached hydrogen (secondary N) is 2. The average molecular weight is 397 g/mol. The summed E-state index contributed by atoms with van der Waals surface area (Å²) in [5.74, 6) is 1.80. The molecule has 1 saturated heterocycles. The minimum Gasteiger partial charge on any atom is -0.379 e. The van der Waals surface area contributed by atoms with E-state index in [1.54, 1.807) is 13.3 Å². The van der Waals surface area contributed by atoms with Crippen molar-refractivity contribution < 1.29 is 14.3 Å². The van der Waals surface area contributed by atoms with E-state index in [1.807, 2.05) is 23.1 Å². The zero-order valence-corrected chi connectivity index (χ0v) is 16.6. The van der Waals surface area contributed by atoms with Gasteiger partial charge in [0, 0.05) is 44.1 Å². The third-order valence-corrected chi connectivity index (χ3v) is 6.60. The minimum atomic E-state index is 0.0191. The standard InChI is InChI=1S/C21H27N5O3/c1-28-18-9-14-11-26(21(27)20-15-12-29-7-5-16(15)24-25-20)10-13(14)8-17(18)23-19-4-2-3-6-22-19/h2-4,6,13-14,17-18H,5,7-12H2,1H3,(H,22,23)(H,24,25)/t13-,14+,17-,18-/m1/s1. The highest BCUT2D eigenvalue weighted by molar-refractivity contribution is 5.94. The van der Waals surface area contributed by atoms with Gasteiger partial charge in [-0.3, -0.25) is 9.89 Å². The van der Waals surface area contributed by atoms with E-state index in [0.29, 0.717) is 30.7 Å². The van der Waals surface area contributed by atoms with Gasteiger partial charge in [0.1, 0.15) is 5.82 Å². The molecule has 2 fully saturated rings. The maximum absolute atomic E-state index is 13.2. The van der Waals surface area contributed by atoms with Crippen LogP contribution in [0, 0.1) is 11.8 Å². The molecule has 1 saturated carbocycles. The molecule has 0 unspecified atom stereocenters. The Bertz CT molecular complexity index is 870. The Morgan fingerprint density at radius 3 is 2.97 bits per heavy atom. The Hall–Kier alpha value is -2.45. The van der Waals surface area contributed by atoms with Crippen LogP contribution >= 0.6 is 0 Å². The van der Waals surface area contributed by atoms with Crippen molar-refractivity contribution in [3.63, 3.8) is 0 Å². The number of carbonyl (C=O) groups excluding carboxylic acids is 1. The van der Waals surface area contributed by atoms with Gasteiger partial charge in [-0.15, -0.1) is 0 Å². The van der Waals surface area contributed by atoms with E-state index in [0.717, 1.165) is 49.4 Å². The predicted octanol–water partition coefficient (Wildman–Crippen LogP) is 1.86. The zero-order valence-electron chi connectivity index (χ0n) is 16.6. The molecular weight excluding hydrogens is 370 g/mol. The molecule has 0 spiro atoms. The highest BCUT2D eigenvalue weighted by Gasteiger charge is 2.44. The van der Waals surface area contributed by atoms with Crippen LogP contribution in [-0.4, -0.2) is 64.9 Å². The van der Waals surface area contributed by atoms with Crippen LogP contribution in [0.2, 0.25) is 0 Å². The highest BCUT2D eigenvalue weighted by Crippen LogP contribution is 2.39. The molecule has 29 heavy (non-hydrogen) atoms. The summed E-state index contributed by atoms with van der Waals surface area (Å²) in [7, 11) is 1.77. The molecule has 2 aromatic rings. The monoisotopic (exact) mass is 397 g/mol. The number of amides is 1. The van der Waals surface area contributed by atoms with E-state index >= 15 is 0 Å². The van der Waals surface area contributed by atoms with Gasteiger partial charge < -0.3 is 19.7 Å². The second kappa shape index (κ2) is 7.76. The predicted molar refractivity (Wildman–Crippen MR) is 107 cm³/mol. The number of hydrogen-bond donors (Lipinski definition) is 2. The van der Waals surface area contributed by atoms with Gasteiger partial charge in [0.25, 0.3) is 5.91 Å². The fourth-order valence-corrected chi connectivity index (χ4v) is 5.07. The summed E-state index contributed by atoms with van der Waals surface area (Å²) in [6.45, 7) is 2.68. The summed E-state index contributed by atoms with van der Waals surface area (Å²) in [6, 6.07) is 6.06. The molecule has 5 rings (SSSR count). The first-order valence-electron chi connectivity index (χ1n) is 10.4. The smallest absolute Gasteiger partial charge is 0.274 e. The Labute approximate surface area is 170 Å². The van der Waals surface area contributed by atoms with Crippen LogP contribution < -0.4 is 5.32 Å². The Kier molecular flexibility index (Phi) is 4.97. The lowest BCUT2D eigenvalue weighted by Gasteiger charge is -2.37. The molecule has 2 aliphatic heterocycles. The Morgan fingerprint density at radius 1 is 1.31 bits per heavy atom. The van der Waals surface area contributed by atoms with E-state index in [2.05, 4.69) is 20.5 Å². The molecule has 2 aromatic heterocycles. The lowest BCUT2D eigenvalue weighted by atomic mass is 9.77. The number of anilines is 1. The molecule has 3 aliphatic rings. The molecule has 1 amide bonds. The summed E-state index contributed by atoms with van der Waals surface area (Å²) in [4.78, 5) is 19.5. The average Bonchev–Trinajstić information content (AvgIpc) is 3.37. The number of hydrogen-bond acceptors (Lipinski definition) is 6. The molecule has 4 atom stereocenters. The largest absolute Gasteiger partial charge is 0.379 e. The van der Waals surface area contributed by atoms with Gasteiger partial charge >= 0.3 is 0 Å². The van der Waals surface area contributed by atoms with Crippen molar-refractivity contribution in [3.8, 4) is 0 Å². The number of carbonyl (C=O) groups is 1. The van der Waals surface area contributed by atoms with Crippen LogP contribution in [0.5, 0.6) is 0 Å². The van der Waals surface area contributed by atoms with Crippen molar-refractivity contribution in [1.29, 1.82) is 0 Å². The maximum atomic E-state index is 13.2. The molecule has 2 N–H and O–H groups in total. The van der Waals surface area contributed by atoms with Gasteiger partial charge in [-0.05, 0) is 36.8 Å². The first-order chi connectivity index (χ1) is 14.2. The Morgan fingerprint density at radius 2 is 2.17 bits per heavy atom. The lowest BCUT2D eigenvalue weighted by Crippen LogP contribution is -2.44. The minimum absolute atomic E-state index is 0.0191. The van der Waals surface area contributed by atoms with Crippen LogP contribution in [0.25, 0.3) is 0 Å². The van der Waals surface area contributed by atoms with Gasteiger partial charge in [0.15, 0.2) is 5.69 Å². The summed E-state index contributed by atoms with van der Waals surface area (Å²) in [5, 5.41) is 10.9. The van der Waals surface area contributed by atoms with E-state index in [9.17, 15) is 4.79 Å². The fourth-order valence-electron chi connectivity index (χ4n) is 5.07. The lowest BCUT2D eigenvalue weighted by molar-refractivity contribution is 0.0304. The molecule has 154 valence electrons. The van der Waals surface area contributed by atoms with Crippen molar-refractivity contribution in [2.75, 3.05) is 32.1 Å². The van der Waals surface area contributed by atoms with Crippen LogP contribution in [0.4, 0.5) is 5.82 Å². The molecular formula is C21H27N5O3. The number of fused-ring (bicyclic) bond motifs is 2. The SMILES string of the molecule is CO[C@@H]1C[C@H]2CN(C(=O)c3n[nH]c4c3COCC4)C[C@H]2C[C@H]1Nc1ccccn1. The molecule has 4 heterocycles. The topological polar surface area (TPSA) is 92.4 Å². The van der Waals surface area contributed by atoms with E-state index in [1.165, 1.54) is 0 Å². The normalized spacial score (nSPS) is 28.7. The molecule has 8 heteroatoms. The molecule has 1 aliphatic carbocycles. The fraction of sp³-hybridized carbons (Fsp3) is 0.571. The van der Waals surface area contributed by atoms with Gasteiger partial charge in [-0.1, -0.05) is 6.07 Å². The van der Waals surface area contributed by atoms with Crippen LogP contribution in [0.3, 0.4) is 0 Å². The summed E-state index contributed by atoms with van der Waals surface area (Å²) in [6.07, 6.45) is 4.60. The zero-order chi connectivity index (χ0) is 19.8. The number of pyridine rings is 1. The molecule has 8 nitrogen and oxygen atoms in total. The number of methoxy groups -OCH3 is 1. The summed E-state index contributed by atoms with van der Waals surface area (Å²) in [5.41, 5.74) is 2.50. The van der Waals surface area contributed by atoms with Gasteiger partial charge in [0.2, 0.25) is 0 Å². The molecule has 0 bridgehead atoms. The number of aromatic nitrogens is 3. The van der Waals surface area contributed by atoms with Gasteiger partial charge in [-0.2, -0.15) is 5.10 Å². The van der Waals surface area contributed by atoms with Crippen molar-refractivity contribution in [1.82, 2.24) is 20.1 Å². The van der Waals surface area contributed by atoms with Crippen LogP contribution in [-0.2, 0) is 22.5 Å². The van der Waals surface area contributed by atoms with E-state index < -0.39 is 0 Å². The number of rotatable bonds is 4. The highest BCUT2D eigenvalue weighted by atomic mass is 16.5. The molecule has 0 radical (unpaired) electrons. The first-order valence-corrected chi connectivity index (χ1v) is 10.4. The number of ether oxygens (including phenoxy) is 2. The third kappa shape index (κ3) is 3.51. The number of H-pyrrole nitrogens is 1. The van der Waals surface area contributed by atoms with E-state index in [-0.39, 0.29) is 18.1 Å². The van der Waals surface area contributed by atoms with Gasteiger partial charge in [-0.25, -0.2) is 4.98 Å². The second-order valence-corrected chi connectivity index (χ2v) is 8.27. The summed E-state index contributed by atoms with van der Waals surface area (Å²) < 4.78 is 11.3. The van der Waals surface area contributed by atoms with Crippen LogP contribution in [0.15, 0.2) is 24.4 Å². The number of aromatic amines is 1. The van der Waals surface area contributed by atoms with Gasteiger partial charge in [0.05, 0.1) is 25.4 Å². The number of likely N-dealkylation sites (tertiary alicyclic amines) is 1. The summed E-state index contributed by atoms with van der Waals surface area (Å²) >= 11 is 0. The maximum Gasteiger partial charge on any atom is 0.274 e. The van der Waals surface area contributed by atoms with E-state index in [4.69, 9.17) is 9.47 Å². The van der Waals surface area contributed by atoms with Crippen molar-refractivity contribution in [3.05, 3.63) is 41.3 Å². The van der Waals surface area contributed by atoms with Crippen molar-refractivity contribution in [2.24, 2.45) is 11.8 Å². The van der Waals surface area contributed by atoms with Crippen LogP contribution in [0.1, 0.15) is 34.6 Å². The molecule has 0 aromatic carbocycles. The quantitative estimate of drug-likeness (QED) is 0.818. The third-order valence-electron chi connectivity index (χ3n) is 6.60. The second-order valence-electron chi connectivity index (χ2n) is 8.27. The van der Waals surface area contributed by atoms with Crippen molar-refractivity contribution in [2.45, 2.75) is 38.0 Å².